The second-order valence-electron chi connectivity index (χ2n) is 9.84. The van der Waals surface area contributed by atoms with Crippen LogP contribution in [0.5, 0.6) is 0 Å². The Morgan fingerprint density at radius 2 is 1.49 bits per heavy atom. The number of anilines is 2. The summed E-state index contributed by atoms with van der Waals surface area (Å²) in [6.45, 7) is 9.57. The van der Waals surface area contributed by atoms with Crippen molar-refractivity contribution in [3.05, 3.63) is 88.0 Å². The molecule has 3 aliphatic rings. The number of rotatable bonds is 4. The van der Waals surface area contributed by atoms with E-state index in [1.807, 2.05) is 24.3 Å². The average molecular weight is 548 g/mol. The topological polar surface area (TPSA) is 95.0 Å². The number of ether oxygens (including phenoxy) is 1. The minimum absolute atomic E-state index is 0.133. The Morgan fingerprint density at radius 1 is 0.872 bits per heavy atom. The van der Waals surface area contributed by atoms with Gasteiger partial charge in [0, 0.05) is 24.2 Å². The largest absolute Gasteiger partial charge is 0.379 e. The van der Waals surface area contributed by atoms with Gasteiger partial charge in [-0.3, -0.25) is 9.73 Å². The predicted octanol–water partition coefficient (Wildman–Crippen LogP) is 3.85. The van der Waals surface area contributed by atoms with Crippen molar-refractivity contribution in [3.8, 4) is 0 Å². The number of sulfonamides is 1. The zero-order valence-corrected chi connectivity index (χ0v) is 23.0. The van der Waals surface area contributed by atoms with Crippen LogP contribution in [-0.2, 0) is 19.7 Å². The third-order valence-electron chi connectivity index (χ3n) is 7.57. The molecule has 0 atom stereocenters. The number of fused-ring (bicyclic) bond motifs is 3. The molecular weight excluding hydrogens is 518 g/mol. The van der Waals surface area contributed by atoms with Crippen molar-refractivity contribution >= 4 is 33.1 Å². The first-order chi connectivity index (χ1) is 18.7. The van der Waals surface area contributed by atoms with Gasteiger partial charge in [-0.15, -0.1) is 0 Å². The van der Waals surface area contributed by atoms with Gasteiger partial charge in [0.1, 0.15) is 0 Å². The van der Waals surface area contributed by atoms with Crippen LogP contribution in [0.1, 0.15) is 38.2 Å². The number of carbonyl (C=O) groups is 1. The molecule has 3 aliphatic heterocycles. The first-order valence-corrected chi connectivity index (χ1v) is 14.2. The lowest BCUT2D eigenvalue weighted by Crippen LogP contribution is -2.49. The number of morpholine rings is 1. The van der Waals surface area contributed by atoms with Crippen LogP contribution in [0.3, 0.4) is 0 Å². The van der Waals surface area contributed by atoms with Crippen molar-refractivity contribution in [2.45, 2.75) is 32.6 Å². The maximum absolute atomic E-state index is 13.9. The van der Waals surface area contributed by atoms with Gasteiger partial charge in [-0.25, -0.2) is 8.42 Å². The summed E-state index contributed by atoms with van der Waals surface area (Å²) < 4.78 is 32.7. The van der Waals surface area contributed by atoms with Crippen molar-refractivity contribution in [2.24, 2.45) is 5.16 Å². The van der Waals surface area contributed by atoms with Gasteiger partial charge in [0.15, 0.2) is 0 Å². The normalized spacial score (nSPS) is 17.6. The van der Waals surface area contributed by atoms with Gasteiger partial charge in [0.25, 0.3) is 5.91 Å². The molecule has 0 spiro atoms. The van der Waals surface area contributed by atoms with E-state index in [4.69, 9.17) is 9.68 Å². The number of carbonyl (C=O) groups excluding carboxylic acids is 1. The number of oxime groups is 1. The number of benzene rings is 3. The molecule has 10 nitrogen and oxygen atoms in total. The number of para-hydroxylation sites is 2. The summed E-state index contributed by atoms with van der Waals surface area (Å²) >= 11 is 0. The van der Waals surface area contributed by atoms with E-state index in [9.17, 15) is 13.2 Å². The standard InChI is InChI=1S/C28H29N5O5S/c1-18-17-19(2)21(4)26(20(18)3)27-29-38-33-31(27)24-7-5-6-8-25(24)32(33)28(34)22-9-11-23(12-10-22)39(35,36)30-13-15-37-16-14-30/h5-12,17H,13-16H2,1-4H3. The van der Waals surface area contributed by atoms with Crippen LogP contribution in [-0.4, -0.2) is 56.1 Å². The Kier molecular flexibility index (Phi) is 6.18. The van der Waals surface area contributed by atoms with E-state index in [-0.39, 0.29) is 10.8 Å². The second kappa shape index (κ2) is 9.45. The fourth-order valence-corrected chi connectivity index (χ4v) is 6.60. The van der Waals surface area contributed by atoms with Crippen LogP contribution >= 0.6 is 0 Å². The summed E-state index contributed by atoms with van der Waals surface area (Å²) in [6, 6.07) is 15.6. The molecule has 0 unspecified atom stereocenters. The molecule has 0 bridgehead atoms. The molecule has 202 valence electrons. The monoisotopic (exact) mass is 547 g/mol. The van der Waals surface area contributed by atoms with Gasteiger partial charge in [-0.2, -0.15) is 14.3 Å². The number of hydrogen-bond donors (Lipinski definition) is 0. The number of hydrazine groups is 2. The fourth-order valence-electron chi connectivity index (χ4n) is 5.20. The lowest BCUT2D eigenvalue weighted by Gasteiger charge is -2.26. The highest BCUT2D eigenvalue weighted by molar-refractivity contribution is 7.89. The van der Waals surface area contributed by atoms with Gasteiger partial charge in [-0.05, 0) is 91.5 Å². The Balaban J connectivity index is 1.34. The summed E-state index contributed by atoms with van der Waals surface area (Å²) in [5, 5.41) is 8.94. The SMILES string of the molecule is Cc1cc(C)c(C)c(C2=NON3N(C(=O)c4ccc(S(=O)(=O)N5CCOCC5)cc4)c4ccccc4N23)c1C. The van der Waals surface area contributed by atoms with Crippen LogP contribution in [0.2, 0.25) is 0 Å². The molecule has 1 fully saturated rings. The lowest BCUT2D eigenvalue weighted by molar-refractivity contribution is -0.135. The lowest BCUT2D eigenvalue weighted by atomic mass is 9.93. The van der Waals surface area contributed by atoms with Crippen molar-refractivity contribution in [1.82, 2.24) is 9.59 Å². The van der Waals surface area contributed by atoms with Crippen LogP contribution in [0.15, 0.2) is 64.6 Å². The van der Waals surface area contributed by atoms with Gasteiger partial charge < -0.3 is 4.74 Å². The van der Waals surface area contributed by atoms with E-state index in [1.54, 1.807) is 5.01 Å². The maximum atomic E-state index is 13.9. The number of amides is 1. The van der Waals surface area contributed by atoms with E-state index in [2.05, 4.69) is 38.9 Å². The highest BCUT2D eigenvalue weighted by atomic mass is 32.2. The number of aryl methyl sites for hydroxylation is 2. The molecule has 6 rings (SSSR count). The first kappa shape index (κ1) is 25.5. The molecule has 0 radical (unpaired) electrons. The molecule has 0 saturated carbocycles. The quantitative estimate of drug-likeness (QED) is 0.490. The molecule has 3 heterocycles. The van der Waals surface area contributed by atoms with E-state index >= 15 is 0 Å². The third kappa shape index (κ3) is 4.00. The van der Waals surface area contributed by atoms with E-state index in [1.165, 1.54) is 38.9 Å². The third-order valence-corrected chi connectivity index (χ3v) is 9.49. The smallest absolute Gasteiger partial charge is 0.277 e. The highest BCUT2D eigenvalue weighted by Gasteiger charge is 2.47. The van der Waals surface area contributed by atoms with Crippen LogP contribution in [0, 0.1) is 27.7 Å². The molecular formula is C28H29N5O5S. The molecule has 0 N–H and O–H groups in total. The average Bonchev–Trinajstić information content (AvgIpc) is 3.51. The molecule has 11 heteroatoms. The van der Waals surface area contributed by atoms with Crippen LogP contribution in [0.25, 0.3) is 0 Å². The Bertz CT molecular complexity index is 1590. The Hall–Kier alpha value is -3.77. The molecule has 0 aliphatic carbocycles. The van der Waals surface area contributed by atoms with E-state index in [0.717, 1.165) is 33.5 Å². The minimum atomic E-state index is -3.67. The fraction of sp³-hybridized carbons (Fsp3) is 0.286. The van der Waals surface area contributed by atoms with Crippen LogP contribution < -0.4 is 10.0 Å². The second-order valence-corrected chi connectivity index (χ2v) is 11.8. The van der Waals surface area contributed by atoms with Crippen LogP contribution in [0.4, 0.5) is 11.4 Å². The van der Waals surface area contributed by atoms with Crippen molar-refractivity contribution in [1.29, 1.82) is 0 Å². The maximum Gasteiger partial charge on any atom is 0.277 e. The Morgan fingerprint density at radius 3 is 2.13 bits per heavy atom. The summed E-state index contributed by atoms with van der Waals surface area (Å²) in [4.78, 5) is 19.7. The number of hydrogen-bond acceptors (Lipinski definition) is 8. The summed E-state index contributed by atoms with van der Waals surface area (Å²) in [5.74, 6) is 0.206. The molecule has 1 amide bonds. The van der Waals surface area contributed by atoms with E-state index in [0.29, 0.717) is 43.4 Å². The van der Waals surface area contributed by atoms with Gasteiger partial charge >= 0.3 is 0 Å². The number of nitrogens with zero attached hydrogens (tertiary/aromatic N) is 5. The summed E-state index contributed by atoms with van der Waals surface area (Å²) in [5.41, 5.74) is 7.08. The summed E-state index contributed by atoms with van der Waals surface area (Å²) in [7, 11) is -3.67. The number of amidine groups is 1. The van der Waals surface area contributed by atoms with Crippen molar-refractivity contribution in [2.75, 3.05) is 36.3 Å². The van der Waals surface area contributed by atoms with Crippen molar-refractivity contribution < 1.29 is 22.9 Å². The zero-order chi connectivity index (χ0) is 27.5. The summed E-state index contributed by atoms with van der Waals surface area (Å²) in [6.07, 6.45) is 0. The van der Waals surface area contributed by atoms with Gasteiger partial charge in [-0.1, -0.05) is 18.2 Å². The molecule has 3 aromatic rings. The molecule has 0 aromatic heterocycles. The van der Waals surface area contributed by atoms with Gasteiger partial charge in [0.2, 0.25) is 15.9 Å². The minimum Gasteiger partial charge on any atom is -0.379 e. The van der Waals surface area contributed by atoms with Gasteiger partial charge in [0.05, 0.1) is 34.8 Å². The predicted molar refractivity (Wildman–Crippen MR) is 147 cm³/mol. The van der Waals surface area contributed by atoms with E-state index < -0.39 is 10.0 Å². The molecule has 1 saturated heterocycles. The van der Waals surface area contributed by atoms with Crippen molar-refractivity contribution in [3.63, 3.8) is 0 Å². The molecule has 39 heavy (non-hydrogen) atoms. The zero-order valence-electron chi connectivity index (χ0n) is 22.2. The molecule has 3 aromatic carbocycles. The highest BCUT2D eigenvalue weighted by Crippen LogP contribution is 2.43. The Labute approximate surface area is 227 Å². The first-order valence-electron chi connectivity index (χ1n) is 12.7.